The fourth-order valence-corrected chi connectivity index (χ4v) is 2.11. The standard InChI is InChI=1S/C15H13F2N3O/c1-9-14(8-20-4-3-18-10(20)2)19-15(21-9)11-5-12(16)7-13(17)6-11/h3-7H,8H2,1-2H3. The molecule has 2 heterocycles. The summed E-state index contributed by atoms with van der Waals surface area (Å²) in [4.78, 5) is 8.47. The van der Waals surface area contributed by atoms with Crippen molar-refractivity contribution in [2.75, 3.05) is 0 Å². The summed E-state index contributed by atoms with van der Waals surface area (Å²) < 4.78 is 34.0. The maximum atomic E-state index is 13.3. The quantitative estimate of drug-likeness (QED) is 0.741. The zero-order chi connectivity index (χ0) is 15.0. The van der Waals surface area contributed by atoms with E-state index < -0.39 is 11.6 Å². The third-order valence-electron chi connectivity index (χ3n) is 3.25. The van der Waals surface area contributed by atoms with Crippen LogP contribution in [0.2, 0.25) is 0 Å². The van der Waals surface area contributed by atoms with E-state index in [1.807, 2.05) is 17.7 Å². The van der Waals surface area contributed by atoms with Crippen LogP contribution in [-0.2, 0) is 6.54 Å². The van der Waals surface area contributed by atoms with Crippen LogP contribution in [0.4, 0.5) is 8.78 Å². The van der Waals surface area contributed by atoms with Crippen LogP contribution in [-0.4, -0.2) is 14.5 Å². The number of aromatic nitrogens is 3. The van der Waals surface area contributed by atoms with Gasteiger partial charge < -0.3 is 8.98 Å². The average molecular weight is 289 g/mol. The van der Waals surface area contributed by atoms with E-state index in [1.165, 1.54) is 12.1 Å². The van der Waals surface area contributed by atoms with Gasteiger partial charge in [-0.15, -0.1) is 0 Å². The van der Waals surface area contributed by atoms with Gasteiger partial charge in [0.1, 0.15) is 28.9 Å². The summed E-state index contributed by atoms with van der Waals surface area (Å²) in [6, 6.07) is 3.20. The van der Waals surface area contributed by atoms with Gasteiger partial charge in [0.2, 0.25) is 5.89 Å². The molecule has 0 atom stereocenters. The second-order valence-electron chi connectivity index (χ2n) is 4.78. The topological polar surface area (TPSA) is 43.9 Å². The Balaban J connectivity index is 1.96. The van der Waals surface area contributed by atoms with Crippen LogP contribution < -0.4 is 0 Å². The van der Waals surface area contributed by atoms with E-state index in [4.69, 9.17) is 4.42 Å². The van der Waals surface area contributed by atoms with Crippen molar-refractivity contribution in [2.24, 2.45) is 0 Å². The maximum Gasteiger partial charge on any atom is 0.226 e. The Morgan fingerprint density at radius 1 is 1.14 bits per heavy atom. The normalized spacial score (nSPS) is 11.0. The molecule has 0 amide bonds. The molecule has 0 aliphatic heterocycles. The van der Waals surface area contributed by atoms with E-state index in [2.05, 4.69) is 9.97 Å². The minimum atomic E-state index is -0.659. The lowest BCUT2D eigenvalue weighted by Crippen LogP contribution is -2.02. The van der Waals surface area contributed by atoms with Gasteiger partial charge in [-0.1, -0.05) is 0 Å². The highest BCUT2D eigenvalue weighted by Gasteiger charge is 2.14. The highest BCUT2D eigenvalue weighted by molar-refractivity contribution is 5.53. The van der Waals surface area contributed by atoms with Gasteiger partial charge in [0, 0.05) is 24.0 Å². The van der Waals surface area contributed by atoms with Crippen molar-refractivity contribution in [2.45, 2.75) is 20.4 Å². The van der Waals surface area contributed by atoms with Gasteiger partial charge in [-0.2, -0.15) is 0 Å². The van der Waals surface area contributed by atoms with Gasteiger partial charge in [-0.3, -0.25) is 0 Å². The van der Waals surface area contributed by atoms with E-state index in [1.54, 1.807) is 13.1 Å². The van der Waals surface area contributed by atoms with E-state index in [9.17, 15) is 8.78 Å². The Hall–Kier alpha value is -2.50. The van der Waals surface area contributed by atoms with Gasteiger partial charge in [-0.05, 0) is 26.0 Å². The summed E-state index contributed by atoms with van der Waals surface area (Å²) in [5, 5.41) is 0. The Morgan fingerprint density at radius 3 is 2.48 bits per heavy atom. The summed E-state index contributed by atoms with van der Waals surface area (Å²) in [6.07, 6.45) is 3.54. The molecule has 3 aromatic rings. The summed E-state index contributed by atoms with van der Waals surface area (Å²) in [5.74, 6) is 0.359. The van der Waals surface area contributed by atoms with Crippen LogP contribution in [0.3, 0.4) is 0 Å². The van der Waals surface area contributed by atoms with E-state index in [0.717, 1.165) is 11.9 Å². The molecule has 1 aromatic carbocycles. The second kappa shape index (κ2) is 5.12. The molecule has 0 fully saturated rings. The molecule has 0 unspecified atom stereocenters. The Labute approximate surface area is 120 Å². The summed E-state index contributed by atoms with van der Waals surface area (Å²) in [6.45, 7) is 4.16. The molecule has 0 saturated heterocycles. The van der Waals surface area contributed by atoms with Gasteiger partial charge in [0.15, 0.2) is 0 Å². The molecule has 108 valence electrons. The molecule has 0 bridgehead atoms. The lowest BCUT2D eigenvalue weighted by Gasteiger charge is -2.01. The van der Waals surface area contributed by atoms with Crippen molar-refractivity contribution in [3.8, 4) is 11.5 Å². The van der Waals surface area contributed by atoms with Crippen molar-refractivity contribution >= 4 is 0 Å². The first-order valence-corrected chi connectivity index (χ1v) is 6.43. The summed E-state index contributed by atoms with van der Waals surface area (Å²) >= 11 is 0. The Kier molecular flexibility index (Phi) is 3.29. The fraction of sp³-hybridized carbons (Fsp3) is 0.200. The first kappa shape index (κ1) is 13.5. The molecule has 0 aliphatic rings. The number of hydrogen-bond donors (Lipinski definition) is 0. The van der Waals surface area contributed by atoms with Gasteiger partial charge in [-0.25, -0.2) is 18.7 Å². The molecular formula is C15H13F2N3O. The number of benzene rings is 1. The van der Waals surface area contributed by atoms with E-state index in [0.29, 0.717) is 18.0 Å². The lowest BCUT2D eigenvalue weighted by atomic mass is 10.2. The predicted octanol–water partition coefficient (Wildman–Crippen LogP) is 3.48. The predicted molar refractivity (Wildman–Crippen MR) is 72.7 cm³/mol. The molecular weight excluding hydrogens is 276 g/mol. The van der Waals surface area contributed by atoms with Crippen LogP contribution in [0.1, 0.15) is 17.3 Å². The number of oxazole rings is 1. The van der Waals surface area contributed by atoms with Gasteiger partial charge in [0.05, 0.1) is 6.54 Å². The van der Waals surface area contributed by atoms with Gasteiger partial charge >= 0.3 is 0 Å². The van der Waals surface area contributed by atoms with Crippen LogP contribution in [0, 0.1) is 25.5 Å². The molecule has 4 nitrogen and oxygen atoms in total. The minimum absolute atomic E-state index is 0.207. The number of halogens is 2. The van der Waals surface area contributed by atoms with Crippen LogP contribution in [0.15, 0.2) is 35.0 Å². The second-order valence-corrected chi connectivity index (χ2v) is 4.78. The fourth-order valence-electron chi connectivity index (χ4n) is 2.11. The third-order valence-corrected chi connectivity index (χ3v) is 3.25. The SMILES string of the molecule is Cc1oc(-c2cc(F)cc(F)c2)nc1Cn1ccnc1C. The van der Waals surface area contributed by atoms with Gasteiger partial charge in [0.25, 0.3) is 0 Å². The van der Waals surface area contributed by atoms with Crippen molar-refractivity contribution in [3.63, 3.8) is 0 Å². The number of nitrogens with zero attached hydrogens (tertiary/aromatic N) is 3. The monoisotopic (exact) mass is 289 g/mol. The number of imidazole rings is 1. The van der Waals surface area contributed by atoms with Crippen LogP contribution >= 0.6 is 0 Å². The first-order valence-electron chi connectivity index (χ1n) is 6.43. The summed E-state index contributed by atoms with van der Waals surface area (Å²) in [5.41, 5.74) is 0.986. The Bertz CT molecular complexity index is 772. The maximum absolute atomic E-state index is 13.3. The molecule has 0 spiro atoms. The number of rotatable bonds is 3. The zero-order valence-corrected chi connectivity index (χ0v) is 11.6. The molecule has 0 N–H and O–H groups in total. The first-order chi connectivity index (χ1) is 10.0. The molecule has 0 saturated carbocycles. The number of hydrogen-bond acceptors (Lipinski definition) is 3. The zero-order valence-electron chi connectivity index (χ0n) is 11.6. The lowest BCUT2D eigenvalue weighted by molar-refractivity contribution is 0.534. The molecule has 6 heteroatoms. The smallest absolute Gasteiger partial charge is 0.226 e. The third kappa shape index (κ3) is 2.69. The summed E-state index contributed by atoms with van der Waals surface area (Å²) in [7, 11) is 0. The molecule has 0 radical (unpaired) electrons. The van der Waals surface area contributed by atoms with E-state index in [-0.39, 0.29) is 11.5 Å². The van der Waals surface area contributed by atoms with Crippen LogP contribution in [0.25, 0.3) is 11.5 Å². The molecule has 2 aromatic heterocycles. The highest BCUT2D eigenvalue weighted by Crippen LogP contribution is 2.24. The van der Waals surface area contributed by atoms with E-state index >= 15 is 0 Å². The molecule has 21 heavy (non-hydrogen) atoms. The number of aryl methyl sites for hydroxylation is 2. The molecule has 0 aliphatic carbocycles. The minimum Gasteiger partial charge on any atom is -0.441 e. The Morgan fingerprint density at radius 2 is 1.86 bits per heavy atom. The van der Waals surface area contributed by atoms with Crippen molar-refractivity contribution < 1.29 is 13.2 Å². The van der Waals surface area contributed by atoms with Crippen molar-refractivity contribution in [1.29, 1.82) is 0 Å². The molecule has 3 rings (SSSR count). The average Bonchev–Trinajstić information content (AvgIpc) is 2.97. The van der Waals surface area contributed by atoms with Crippen LogP contribution in [0.5, 0.6) is 0 Å². The van der Waals surface area contributed by atoms with Crippen molar-refractivity contribution in [3.05, 3.63) is 59.5 Å². The highest BCUT2D eigenvalue weighted by atomic mass is 19.1. The van der Waals surface area contributed by atoms with Crippen molar-refractivity contribution in [1.82, 2.24) is 14.5 Å². The largest absolute Gasteiger partial charge is 0.441 e.